The summed E-state index contributed by atoms with van der Waals surface area (Å²) in [6, 6.07) is 15.3. The molecule has 1 aliphatic rings. The zero-order valence-electron chi connectivity index (χ0n) is 17.2. The molecule has 0 amide bonds. The molecule has 4 aromatic rings. The monoisotopic (exact) mass is 482 g/mol. The van der Waals surface area contributed by atoms with Gasteiger partial charge in [0.25, 0.3) is 0 Å². The summed E-state index contributed by atoms with van der Waals surface area (Å²) >= 11 is 1.65. The standard InChI is InChI=1S/C22H19N5O4S2/c23-33(30,31)17-6-2-4-15(10-17)25-22-24-12-14-7-8-19-18(21(14)26-22)11-20(32-19)13-3-1-5-16(9-13)27(28)29/h1-6,9-12,28-29H,7-8H2,(H2,23,30,31)(H,24,25,26)/p+1. The molecule has 168 valence electrons. The van der Waals surface area contributed by atoms with Gasteiger partial charge in [0.1, 0.15) is 0 Å². The van der Waals surface area contributed by atoms with Crippen LogP contribution in [0, 0.1) is 0 Å². The number of nitrogens with one attached hydrogen (secondary N) is 2. The van der Waals surface area contributed by atoms with Gasteiger partial charge in [0.15, 0.2) is 5.69 Å². The summed E-state index contributed by atoms with van der Waals surface area (Å²) in [7, 11) is -3.82. The summed E-state index contributed by atoms with van der Waals surface area (Å²) in [5, 5.41) is 26.4. The Balaban J connectivity index is 1.49. The number of thiophene rings is 1. The van der Waals surface area contributed by atoms with Crippen LogP contribution in [0.3, 0.4) is 0 Å². The highest BCUT2D eigenvalue weighted by Crippen LogP contribution is 2.42. The van der Waals surface area contributed by atoms with Gasteiger partial charge in [0.2, 0.25) is 16.0 Å². The van der Waals surface area contributed by atoms with Gasteiger partial charge in [-0.15, -0.1) is 11.3 Å². The van der Waals surface area contributed by atoms with E-state index in [0.29, 0.717) is 17.3 Å². The summed E-state index contributed by atoms with van der Waals surface area (Å²) in [6.45, 7) is 0. The van der Waals surface area contributed by atoms with E-state index in [2.05, 4.69) is 16.4 Å². The molecule has 2 aromatic carbocycles. The molecule has 33 heavy (non-hydrogen) atoms. The number of fused-ring (bicyclic) bond motifs is 3. The molecule has 0 saturated heterocycles. The highest BCUT2D eigenvalue weighted by atomic mass is 32.2. The van der Waals surface area contributed by atoms with Crippen LogP contribution in [-0.4, -0.2) is 28.8 Å². The van der Waals surface area contributed by atoms with Crippen molar-refractivity contribution in [1.29, 1.82) is 0 Å². The SMILES string of the molecule is NS(=O)(=O)c1cccc(Nc2ncc3c(n2)-c2cc(-c4cccc([NH+](O)O)c4)sc2CC3)c1. The molecule has 2 heterocycles. The maximum absolute atomic E-state index is 11.6. The van der Waals surface area contributed by atoms with E-state index in [9.17, 15) is 18.8 Å². The van der Waals surface area contributed by atoms with Gasteiger partial charge in [-0.1, -0.05) is 18.2 Å². The number of rotatable bonds is 5. The Hall–Kier alpha value is -3.19. The van der Waals surface area contributed by atoms with Crippen LogP contribution in [0.4, 0.5) is 17.3 Å². The first-order valence-corrected chi connectivity index (χ1v) is 12.4. The van der Waals surface area contributed by atoms with Crippen molar-refractivity contribution in [3.63, 3.8) is 0 Å². The van der Waals surface area contributed by atoms with Gasteiger partial charge in [-0.05, 0) is 53.5 Å². The second-order valence-corrected chi connectivity index (χ2v) is 10.3. The maximum atomic E-state index is 11.6. The first-order chi connectivity index (χ1) is 15.8. The molecule has 0 saturated carbocycles. The zero-order chi connectivity index (χ0) is 23.2. The molecular formula is C22H20N5O4S2+. The molecule has 0 spiro atoms. The molecule has 9 nitrogen and oxygen atoms in total. The average Bonchev–Trinajstić information content (AvgIpc) is 3.24. The lowest BCUT2D eigenvalue weighted by Crippen LogP contribution is -3.01. The number of benzene rings is 2. The zero-order valence-corrected chi connectivity index (χ0v) is 18.8. The highest BCUT2D eigenvalue weighted by Gasteiger charge is 2.23. The minimum Gasteiger partial charge on any atom is -0.324 e. The molecule has 0 aliphatic heterocycles. The van der Waals surface area contributed by atoms with E-state index < -0.39 is 15.2 Å². The fourth-order valence-electron chi connectivity index (χ4n) is 3.78. The van der Waals surface area contributed by atoms with Crippen LogP contribution in [0.15, 0.2) is 65.7 Å². The summed E-state index contributed by atoms with van der Waals surface area (Å²) < 4.78 is 23.3. The van der Waals surface area contributed by atoms with E-state index in [-0.39, 0.29) is 4.90 Å². The molecule has 11 heteroatoms. The normalized spacial score (nSPS) is 13.0. The lowest BCUT2D eigenvalue weighted by atomic mass is 9.96. The van der Waals surface area contributed by atoms with Gasteiger partial charge in [0, 0.05) is 39.3 Å². The predicted molar refractivity (Wildman–Crippen MR) is 123 cm³/mol. The van der Waals surface area contributed by atoms with Crippen molar-refractivity contribution in [2.45, 2.75) is 17.7 Å². The van der Waals surface area contributed by atoms with Crippen LogP contribution in [-0.2, 0) is 22.9 Å². The predicted octanol–water partition coefficient (Wildman–Crippen LogP) is 2.66. The summed E-state index contributed by atoms with van der Waals surface area (Å²) in [5.74, 6) is 0.350. The number of aromatic nitrogens is 2. The number of aryl methyl sites for hydroxylation is 2. The Morgan fingerprint density at radius 1 is 1.06 bits per heavy atom. The maximum Gasteiger partial charge on any atom is 0.238 e. The third-order valence-corrected chi connectivity index (χ3v) is 7.53. The van der Waals surface area contributed by atoms with Crippen molar-refractivity contribution >= 4 is 38.7 Å². The van der Waals surface area contributed by atoms with E-state index >= 15 is 0 Å². The second kappa shape index (κ2) is 8.30. The molecule has 1 aliphatic carbocycles. The third-order valence-electron chi connectivity index (χ3n) is 5.37. The van der Waals surface area contributed by atoms with Gasteiger partial charge in [-0.3, -0.25) is 0 Å². The number of hydrogen-bond acceptors (Lipinski definition) is 8. The Morgan fingerprint density at radius 2 is 1.88 bits per heavy atom. The average molecular weight is 483 g/mol. The Morgan fingerprint density at radius 3 is 2.67 bits per heavy atom. The Labute approximate surface area is 193 Å². The smallest absolute Gasteiger partial charge is 0.238 e. The number of anilines is 2. The van der Waals surface area contributed by atoms with E-state index in [1.165, 1.54) is 17.0 Å². The lowest BCUT2D eigenvalue weighted by Gasteiger charge is -2.16. The van der Waals surface area contributed by atoms with Crippen molar-refractivity contribution in [3.8, 4) is 21.7 Å². The fourth-order valence-corrected chi connectivity index (χ4v) is 5.50. The van der Waals surface area contributed by atoms with Gasteiger partial charge in [-0.2, -0.15) is 10.4 Å². The van der Waals surface area contributed by atoms with Crippen LogP contribution in [0.2, 0.25) is 0 Å². The third kappa shape index (κ3) is 4.37. The molecule has 0 radical (unpaired) electrons. The van der Waals surface area contributed by atoms with Crippen molar-refractivity contribution in [2.24, 2.45) is 5.14 Å². The van der Waals surface area contributed by atoms with Gasteiger partial charge in [-0.25, -0.2) is 23.5 Å². The number of nitrogens with zero attached hydrogens (tertiary/aromatic N) is 2. The molecule has 6 N–H and O–H groups in total. The van der Waals surface area contributed by atoms with Gasteiger partial charge in [0.05, 0.1) is 10.6 Å². The Bertz CT molecular complexity index is 1470. The number of hydrogen-bond donors (Lipinski definition) is 5. The minimum atomic E-state index is -3.82. The van der Waals surface area contributed by atoms with Crippen LogP contribution < -0.4 is 15.7 Å². The lowest BCUT2D eigenvalue weighted by molar-refractivity contribution is -1.19. The van der Waals surface area contributed by atoms with E-state index in [4.69, 9.17) is 10.1 Å². The topological polar surface area (TPSA) is 143 Å². The summed E-state index contributed by atoms with van der Waals surface area (Å²) in [6.07, 6.45) is 3.47. The fraction of sp³-hybridized carbons (Fsp3) is 0.0909. The molecular weight excluding hydrogens is 462 g/mol. The van der Waals surface area contributed by atoms with Crippen LogP contribution >= 0.6 is 11.3 Å². The molecule has 5 rings (SSSR count). The van der Waals surface area contributed by atoms with Crippen molar-refractivity contribution in [2.75, 3.05) is 5.32 Å². The molecule has 2 aromatic heterocycles. The van der Waals surface area contributed by atoms with E-state index in [1.54, 1.807) is 47.9 Å². The van der Waals surface area contributed by atoms with E-state index in [0.717, 1.165) is 40.1 Å². The second-order valence-electron chi connectivity index (χ2n) is 7.62. The van der Waals surface area contributed by atoms with Crippen LogP contribution in [0.1, 0.15) is 10.4 Å². The first kappa shape index (κ1) is 21.6. The molecule has 0 unspecified atom stereocenters. The van der Waals surface area contributed by atoms with Crippen molar-refractivity contribution in [3.05, 3.63) is 71.2 Å². The van der Waals surface area contributed by atoms with Crippen LogP contribution in [0.5, 0.6) is 0 Å². The largest absolute Gasteiger partial charge is 0.324 e. The molecule has 0 fully saturated rings. The number of nitrogens with two attached hydrogens (primary N) is 1. The van der Waals surface area contributed by atoms with Gasteiger partial charge < -0.3 is 5.32 Å². The highest BCUT2D eigenvalue weighted by molar-refractivity contribution is 7.89. The summed E-state index contributed by atoms with van der Waals surface area (Å²) in [5.41, 5.74) is 4.64. The number of sulfonamides is 1. The minimum absolute atomic E-state index is 0.00335. The molecule has 0 atom stereocenters. The van der Waals surface area contributed by atoms with Gasteiger partial charge >= 0.3 is 0 Å². The van der Waals surface area contributed by atoms with E-state index in [1.807, 2.05) is 6.07 Å². The summed E-state index contributed by atoms with van der Waals surface area (Å²) in [4.78, 5) is 11.3. The van der Waals surface area contributed by atoms with Crippen molar-refractivity contribution < 1.29 is 24.1 Å². The quantitative estimate of drug-likeness (QED) is 0.275. The first-order valence-electron chi connectivity index (χ1n) is 10.0. The molecule has 0 bridgehead atoms. The Kier molecular flexibility index (Phi) is 5.44. The van der Waals surface area contributed by atoms with Crippen molar-refractivity contribution in [1.82, 2.24) is 9.97 Å². The number of primary sulfonamides is 1. The number of quaternary nitrogens is 1. The van der Waals surface area contributed by atoms with Crippen LogP contribution in [0.25, 0.3) is 21.7 Å².